The average molecular weight is 435 g/mol. The van der Waals surface area contributed by atoms with Crippen molar-refractivity contribution in [3.63, 3.8) is 0 Å². The van der Waals surface area contributed by atoms with Crippen LogP contribution in [0.25, 0.3) is 11.3 Å². The number of methoxy groups -OCH3 is 1. The summed E-state index contributed by atoms with van der Waals surface area (Å²) in [4.78, 5) is 15.1. The first kappa shape index (κ1) is 22.0. The van der Waals surface area contributed by atoms with Crippen LogP contribution in [0.1, 0.15) is 48.0 Å². The number of aromatic nitrogens is 3. The van der Waals surface area contributed by atoms with E-state index in [0.29, 0.717) is 18.3 Å². The van der Waals surface area contributed by atoms with Gasteiger partial charge < -0.3 is 9.47 Å². The molecule has 0 fully saturated rings. The number of hydrogen-bond donors (Lipinski definition) is 0. The van der Waals surface area contributed by atoms with Crippen molar-refractivity contribution >= 4 is 5.97 Å². The van der Waals surface area contributed by atoms with E-state index in [-0.39, 0.29) is 12.3 Å². The van der Waals surface area contributed by atoms with E-state index < -0.39 is 5.97 Å². The first-order chi connectivity index (χ1) is 15.5. The lowest BCUT2D eigenvalue weighted by Gasteiger charge is -2.32. The number of ether oxygens (including phenoxy) is 2. The van der Waals surface area contributed by atoms with E-state index in [1.54, 1.807) is 18.7 Å². The molecule has 1 aliphatic rings. The Morgan fingerprint density at radius 1 is 1.12 bits per heavy atom. The molecule has 0 aliphatic carbocycles. The topological polar surface area (TPSA) is 69.5 Å². The van der Waals surface area contributed by atoms with Crippen LogP contribution in [-0.4, -0.2) is 52.2 Å². The molecule has 7 heteroatoms. The van der Waals surface area contributed by atoms with E-state index >= 15 is 0 Å². The van der Waals surface area contributed by atoms with Gasteiger partial charge in [0, 0.05) is 24.7 Å². The van der Waals surface area contributed by atoms with Crippen LogP contribution in [0.3, 0.4) is 0 Å². The standard InChI is InChI=1S/C25H30N4O3/c1-5-32-25(30)23-24(29(27-26-23)15-18-6-10-22(31-4)11-7-18)20-9-8-19-12-13-28(17(2)3)16-21(19)14-20/h6-11,14,17H,5,12-13,15-16H2,1-4H3. The summed E-state index contributed by atoms with van der Waals surface area (Å²) in [7, 11) is 1.65. The molecule has 1 aromatic heterocycles. The number of carbonyl (C=O) groups excluding carboxylic acids is 1. The molecule has 0 saturated carbocycles. The van der Waals surface area contributed by atoms with Crippen molar-refractivity contribution in [3.05, 3.63) is 64.8 Å². The Labute approximate surface area is 188 Å². The molecule has 2 aromatic carbocycles. The summed E-state index contributed by atoms with van der Waals surface area (Å²) in [6, 6.07) is 14.7. The fraction of sp³-hybridized carbons (Fsp3) is 0.400. The molecular weight excluding hydrogens is 404 g/mol. The Morgan fingerprint density at radius 2 is 1.91 bits per heavy atom. The second-order valence-corrected chi connectivity index (χ2v) is 8.31. The number of rotatable bonds is 7. The lowest BCUT2D eigenvalue weighted by molar-refractivity contribution is 0.0520. The first-order valence-corrected chi connectivity index (χ1v) is 11.1. The van der Waals surface area contributed by atoms with Crippen molar-refractivity contribution in [1.82, 2.24) is 19.9 Å². The average Bonchev–Trinajstić information content (AvgIpc) is 3.22. The van der Waals surface area contributed by atoms with Crippen LogP contribution in [0.5, 0.6) is 5.75 Å². The quantitative estimate of drug-likeness (QED) is 0.525. The van der Waals surface area contributed by atoms with Gasteiger partial charge in [0.1, 0.15) is 11.4 Å². The van der Waals surface area contributed by atoms with Crippen LogP contribution in [0.2, 0.25) is 0 Å². The fourth-order valence-electron chi connectivity index (χ4n) is 4.12. The second-order valence-electron chi connectivity index (χ2n) is 8.31. The van der Waals surface area contributed by atoms with E-state index in [0.717, 1.165) is 36.4 Å². The molecule has 0 N–H and O–H groups in total. The highest BCUT2D eigenvalue weighted by Gasteiger charge is 2.25. The Hall–Kier alpha value is -3.19. The van der Waals surface area contributed by atoms with Crippen molar-refractivity contribution in [3.8, 4) is 17.0 Å². The molecule has 32 heavy (non-hydrogen) atoms. The summed E-state index contributed by atoms with van der Waals surface area (Å²) < 4.78 is 12.3. The molecule has 3 aromatic rings. The zero-order chi connectivity index (χ0) is 22.7. The van der Waals surface area contributed by atoms with Gasteiger partial charge in [0.2, 0.25) is 0 Å². The predicted octanol–water partition coefficient (Wildman–Crippen LogP) is 3.95. The minimum absolute atomic E-state index is 0.247. The van der Waals surface area contributed by atoms with E-state index in [4.69, 9.17) is 9.47 Å². The third-order valence-corrected chi connectivity index (χ3v) is 5.95. The van der Waals surface area contributed by atoms with E-state index in [2.05, 4.69) is 47.3 Å². The molecule has 0 unspecified atom stereocenters. The Balaban J connectivity index is 1.73. The zero-order valence-electron chi connectivity index (χ0n) is 19.2. The summed E-state index contributed by atoms with van der Waals surface area (Å²) >= 11 is 0. The van der Waals surface area contributed by atoms with Crippen molar-refractivity contribution in [2.24, 2.45) is 0 Å². The SMILES string of the molecule is CCOC(=O)c1nnn(Cc2ccc(OC)cc2)c1-c1ccc2c(c1)CN(C(C)C)CC2. The molecule has 7 nitrogen and oxygen atoms in total. The van der Waals surface area contributed by atoms with Crippen molar-refractivity contribution < 1.29 is 14.3 Å². The minimum atomic E-state index is -0.454. The summed E-state index contributed by atoms with van der Waals surface area (Å²) in [5.41, 5.74) is 5.54. The normalized spacial score (nSPS) is 13.8. The maximum Gasteiger partial charge on any atom is 0.361 e. The molecule has 0 bridgehead atoms. The van der Waals surface area contributed by atoms with Crippen LogP contribution in [0, 0.1) is 0 Å². The number of fused-ring (bicyclic) bond motifs is 1. The highest BCUT2D eigenvalue weighted by molar-refractivity contribution is 5.94. The second kappa shape index (κ2) is 9.53. The molecule has 1 aliphatic heterocycles. The van der Waals surface area contributed by atoms with Gasteiger partial charge in [-0.2, -0.15) is 0 Å². The number of benzene rings is 2. The third-order valence-electron chi connectivity index (χ3n) is 5.95. The van der Waals surface area contributed by atoms with Crippen LogP contribution >= 0.6 is 0 Å². The molecule has 0 atom stereocenters. The molecule has 0 spiro atoms. The summed E-state index contributed by atoms with van der Waals surface area (Å²) in [5.74, 6) is 0.342. The number of nitrogens with zero attached hydrogens (tertiary/aromatic N) is 4. The molecule has 2 heterocycles. The van der Waals surface area contributed by atoms with Crippen LogP contribution in [0.4, 0.5) is 0 Å². The monoisotopic (exact) mass is 434 g/mol. The lowest BCUT2D eigenvalue weighted by Crippen LogP contribution is -2.35. The molecule has 168 valence electrons. The molecule has 0 radical (unpaired) electrons. The number of hydrogen-bond acceptors (Lipinski definition) is 6. The van der Waals surface area contributed by atoms with E-state index in [1.807, 2.05) is 24.3 Å². The van der Waals surface area contributed by atoms with Gasteiger partial charge in [0.15, 0.2) is 5.69 Å². The Morgan fingerprint density at radius 3 is 2.59 bits per heavy atom. The summed E-state index contributed by atoms with van der Waals surface area (Å²) in [6.07, 6.45) is 1.03. The maximum atomic E-state index is 12.7. The van der Waals surface area contributed by atoms with Crippen LogP contribution < -0.4 is 4.74 Å². The number of esters is 1. The highest BCUT2D eigenvalue weighted by Crippen LogP contribution is 2.29. The van der Waals surface area contributed by atoms with Gasteiger partial charge in [0.25, 0.3) is 0 Å². The maximum absolute atomic E-state index is 12.7. The smallest absolute Gasteiger partial charge is 0.361 e. The minimum Gasteiger partial charge on any atom is -0.497 e. The van der Waals surface area contributed by atoms with Gasteiger partial charge in [-0.3, -0.25) is 4.90 Å². The van der Waals surface area contributed by atoms with Gasteiger partial charge in [0.05, 0.1) is 20.3 Å². The zero-order valence-corrected chi connectivity index (χ0v) is 19.2. The Kier molecular flexibility index (Phi) is 6.55. The van der Waals surface area contributed by atoms with Crippen molar-refractivity contribution in [2.75, 3.05) is 20.3 Å². The van der Waals surface area contributed by atoms with Gasteiger partial charge in [-0.1, -0.05) is 29.5 Å². The summed E-state index contributed by atoms with van der Waals surface area (Å²) in [6.45, 7) is 8.98. The first-order valence-electron chi connectivity index (χ1n) is 11.1. The largest absolute Gasteiger partial charge is 0.497 e. The third kappa shape index (κ3) is 4.53. The molecule has 4 rings (SSSR count). The van der Waals surface area contributed by atoms with Gasteiger partial charge in [-0.15, -0.1) is 5.10 Å². The van der Waals surface area contributed by atoms with E-state index in [9.17, 15) is 4.79 Å². The van der Waals surface area contributed by atoms with Crippen LogP contribution in [0.15, 0.2) is 42.5 Å². The molecule has 0 saturated heterocycles. The van der Waals surface area contributed by atoms with Crippen molar-refractivity contribution in [1.29, 1.82) is 0 Å². The fourth-order valence-corrected chi connectivity index (χ4v) is 4.12. The van der Waals surface area contributed by atoms with Crippen LogP contribution in [-0.2, 0) is 24.2 Å². The van der Waals surface area contributed by atoms with Gasteiger partial charge in [-0.05, 0) is 62.1 Å². The Bertz CT molecular complexity index is 1090. The number of carbonyl (C=O) groups is 1. The highest BCUT2D eigenvalue weighted by atomic mass is 16.5. The molecule has 0 amide bonds. The predicted molar refractivity (Wildman–Crippen MR) is 123 cm³/mol. The lowest BCUT2D eigenvalue weighted by atomic mass is 9.95. The van der Waals surface area contributed by atoms with E-state index in [1.165, 1.54) is 11.1 Å². The molecular formula is C25H30N4O3. The van der Waals surface area contributed by atoms with Crippen molar-refractivity contribution in [2.45, 2.75) is 46.3 Å². The van der Waals surface area contributed by atoms with Gasteiger partial charge in [-0.25, -0.2) is 9.48 Å². The summed E-state index contributed by atoms with van der Waals surface area (Å²) in [5, 5.41) is 8.51. The van der Waals surface area contributed by atoms with Gasteiger partial charge >= 0.3 is 5.97 Å².